The molecule has 0 amide bonds. The minimum atomic E-state index is 0.943. The molecular weight excluding hydrogens is 184 g/mol. The topological polar surface area (TPSA) is 15.3 Å². The number of nitrogens with one attached hydrogen (secondary N) is 1. The first kappa shape index (κ1) is 9.86. The van der Waals surface area contributed by atoms with Crippen LogP contribution in [0.5, 0.6) is 0 Å². The van der Waals surface area contributed by atoms with E-state index in [2.05, 4.69) is 22.4 Å². The van der Waals surface area contributed by atoms with Crippen molar-refractivity contribution >= 4 is 0 Å². The van der Waals surface area contributed by atoms with Gasteiger partial charge in [-0.3, -0.25) is 0 Å². The summed E-state index contributed by atoms with van der Waals surface area (Å²) >= 11 is 0. The Balaban J connectivity index is 1.44. The van der Waals surface area contributed by atoms with E-state index in [0.717, 1.165) is 17.8 Å². The zero-order valence-corrected chi connectivity index (χ0v) is 9.49. The predicted octanol–water partition coefficient (Wildman–Crippen LogP) is 1.49. The van der Waals surface area contributed by atoms with Crippen molar-refractivity contribution in [3.8, 4) is 0 Å². The Labute approximate surface area is 92.7 Å². The second-order valence-electron chi connectivity index (χ2n) is 5.42. The molecule has 3 unspecified atom stereocenters. The third kappa shape index (κ3) is 2.11. The molecule has 3 rings (SSSR count). The standard InChI is InChI=1S/C13H22N2/c1-2-12-9-11(1)10-13(12)3-6-15-7-4-14-5-8-15/h1-2,11-14H,3-10H2. The van der Waals surface area contributed by atoms with Crippen LogP contribution in [0.1, 0.15) is 19.3 Å². The first-order valence-electron chi connectivity index (χ1n) is 6.53. The average molecular weight is 206 g/mol. The fourth-order valence-corrected chi connectivity index (χ4v) is 3.51. The van der Waals surface area contributed by atoms with E-state index in [-0.39, 0.29) is 0 Å². The summed E-state index contributed by atoms with van der Waals surface area (Å²) in [6.07, 6.45) is 9.31. The van der Waals surface area contributed by atoms with E-state index in [0.29, 0.717) is 0 Å². The third-order valence-corrected chi connectivity index (χ3v) is 4.44. The average Bonchev–Trinajstić information content (AvgIpc) is 2.89. The molecule has 1 N–H and O–H groups in total. The van der Waals surface area contributed by atoms with Crippen LogP contribution in [0.25, 0.3) is 0 Å². The van der Waals surface area contributed by atoms with Crippen LogP contribution in [0.2, 0.25) is 0 Å². The molecule has 0 aromatic carbocycles. The van der Waals surface area contributed by atoms with E-state index >= 15 is 0 Å². The summed E-state index contributed by atoms with van der Waals surface area (Å²) in [5.74, 6) is 2.90. The van der Waals surface area contributed by atoms with Crippen LogP contribution < -0.4 is 5.32 Å². The van der Waals surface area contributed by atoms with Gasteiger partial charge in [-0.2, -0.15) is 0 Å². The highest BCUT2D eigenvalue weighted by Crippen LogP contribution is 2.44. The Morgan fingerprint density at radius 2 is 2.00 bits per heavy atom. The van der Waals surface area contributed by atoms with Gasteiger partial charge < -0.3 is 10.2 Å². The fraction of sp³-hybridized carbons (Fsp3) is 0.846. The van der Waals surface area contributed by atoms with Gasteiger partial charge in [0.1, 0.15) is 0 Å². The first-order valence-corrected chi connectivity index (χ1v) is 6.53. The lowest BCUT2D eigenvalue weighted by Crippen LogP contribution is -2.44. The van der Waals surface area contributed by atoms with Crippen molar-refractivity contribution in [3.63, 3.8) is 0 Å². The minimum absolute atomic E-state index is 0.943. The minimum Gasteiger partial charge on any atom is -0.314 e. The van der Waals surface area contributed by atoms with Crippen molar-refractivity contribution < 1.29 is 0 Å². The normalized spacial score (nSPS) is 40.1. The van der Waals surface area contributed by atoms with Gasteiger partial charge in [-0.05, 0) is 43.6 Å². The summed E-state index contributed by atoms with van der Waals surface area (Å²) in [6, 6.07) is 0. The summed E-state index contributed by atoms with van der Waals surface area (Å²) in [5.41, 5.74) is 0. The Hall–Kier alpha value is -0.340. The fourth-order valence-electron chi connectivity index (χ4n) is 3.51. The predicted molar refractivity (Wildman–Crippen MR) is 62.8 cm³/mol. The van der Waals surface area contributed by atoms with Crippen LogP contribution in [-0.2, 0) is 0 Å². The third-order valence-electron chi connectivity index (χ3n) is 4.44. The van der Waals surface area contributed by atoms with Crippen molar-refractivity contribution in [1.82, 2.24) is 10.2 Å². The van der Waals surface area contributed by atoms with Gasteiger partial charge >= 0.3 is 0 Å². The van der Waals surface area contributed by atoms with E-state index in [1.54, 1.807) is 0 Å². The molecule has 1 heterocycles. The molecule has 0 spiro atoms. The molecule has 0 aromatic rings. The Kier molecular flexibility index (Phi) is 2.80. The molecule has 1 saturated heterocycles. The van der Waals surface area contributed by atoms with Crippen LogP contribution in [-0.4, -0.2) is 37.6 Å². The number of rotatable bonds is 3. The van der Waals surface area contributed by atoms with Crippen LogP contribution in [0.3, 0.4) is 0 Å². The highest BCUT2D eigenvalue weighted by Gasteiger charge is 2.35. The number of nitrogens with zero attached hydrogens (tertiary/aromatic N) is 1. The van der Waals surface area contributed by atoms with Gasteiger partial charge in [-0.1, -0.05) is 12.2 Å². The molecule has 3 atom stereocenters. The summed E-state index contributed by atoms with van der Waals surface area (Å²) < 4.78 is 0. The summed E-state index contributed by atoms with van der Waals surface area (Å²) in [6.45, 7) is 6.24. The van der Waals surface area contributed by atoms with Gasteiger partial charge in [0.15, 0.2) is 0 Å². The van der Waals surface area contributed by atoms with Gasteiger partial charge in [0.05, 0.1) is 0 Å². The van der Waals surface area contributed by atoms with E-state index in [1.807, 2.05) is 0 Å². The zero-order valence-electron chi connectivity index (χ0n) is 9.49. The number of fused-ring (bicyclic) bond motifs is 2. The van der Waals surface area contributed by atoms with Gasteiger partial charge in [-0.25, -0.2) is 0 Å². The van der Waals surface area contributed by atoms with Crippen molar-refractivity contribution in [2.24, 2.45) is 17.8 Å². The van der Waals surface area contributed by atoms with Crippen molar-refractivity contribution in [1.29, 1.82) is 0 Å². The Morgan fingerprint density at radius 1 is 1.13 bits per heavy atom. The molecule has 2 heteroatoms. The van der Waals surface area contributed by atoms with E-state index in [1.165, 1.54) is 52.0 Å². The summed E-state index contributed by atoms with van der Waals surface area (Å²) in [7, 11) is 0. The molecule has 1 saturated carbocycles. The highest BCUT2D eigenvalue weighted by atomic mass is 15.2. The quantitative estimate of drug-likeness (QED) is 0.704. The van der Waals surface area contributed by atoms with Crippen LogP contribution in [0.4, 0.5) is 0 Å². The van der Waals surface area contributed by atoms with Crippen LogP contribution >= 0.6 is 0 Å². The molecule has 1 aliphatic heterocycles. The van der Waals surface area contributed by atoms with Crippen molar-refractivity contribution in [2.75, 3.05) is 32.7 Å². The SMILES string of the molecule is C1=CC2CC1CC2CCN1CCNCC1. The first-order chi connectivity index (χ1) is 7.42. The maximum Gasteiger partial charge on any atom is 0.0107 e. The van der Waals surface area contributed by atoms with Gasteiger partial charge in [0.2, 0.25) is 0 Å². The maximum atomic E-state index is 3.42. The molecule has 2 aliphatic carbocycles. The molecule has 2 fully saturated rings. The summed E-state index contributed by atoms with van der Waals surface area (Å²) in [4.78, 5) is 2.63. The lowest BCUT2D eigenvalue weighted by atomic mass is 9.90. The maximum absolute atomic E-state index is 3.42. The number of hydrogen-bond acceptors (Lipinski definition) is 2. The smallest absolute Gasteiger partial charge is 0.0107 e. The lowest BCUT2D eigenvalue weighted by molar-refractivity contribution is 0.217. The lowest BCUT2D eigenvalue weighted by Gasteiger charge is -2.29. The van der Waals surface area contributed by atoms with Gasteiger partial charge in [0, 0.05) is 26.2 Å². The van der Waals surface area contributed by atoms with E-state index in [4.69, 9.17) is 0 Å². The van der Waals surface area contributed by atoms with Crippen LogP contribution in [0.15, 0.2) is 12.2 Å². The van der Waals surface area contributed by atoms with E-state index in [9.17, 15) is 0 Å². The number of allylic oxidation sites excluding steroid dienone is 2. The van der Waals surface area contributed by atoms with Gasteiger partial charge in [-0.15, -0.1) is 0 Å². The van der Waals surface area contributed by atoms with Crippen molar-refractivity contribution in [2.45, 2.75) is 19.3 Å². The van der Waals surface area contributed by atoms with Crippen LogP contribution in [0, 0.1) is 17.8 Å². The number of piperazine rings is 1. The largest absolute Gasteiger partial charge is 0.314 e. The molecular formula is C13H22N2. The molecule has 3 aliphatic rings. The molecule has 2 nitrogen and oxygen atoms in total. The molecule has 2 bridgehead atoms. The van der Waals surface area contributed by atoms with Crippen molar-refractivity contribution in [3.05, 3.63) is 12.2 Å². The highest BCUT2D eigenvalue weighted by molar-refractivity contribution is 5.10. The second kappa shape index (κ2) is 4.26. The second-order valence-corrected chi connectivity index (χ2v) is 5.42. The van der Waals surface area contributed by atoms with E-state index < -0.39 is 0 Å². The van der Waals surface area contributed by atoms with Gasteiger partial charge in [0.25, 0.3) is 0 Å². The molecule has 84 valence electrons. The number of hydrogen-bond donors (Lipinski definition) is 1. The molecule has 0 radical (unpaired) electrons. The molecule has 15 heavy (non-hydrogen) atoms. The zero-order chi connectivity index (χ0) is 10.1. The Bertz CT molecular complexity index is 243. The Morgan fingerprint density at radius 3 is 2.67 bits per heavy atom. The monoisotopic (exact) mass is 206 g/mol. The summed E-state index contributed by atoms with van der Waals surface area (Å²) in [5, 5.41) is 3.42. The molecule has 0 aromatic heterocycles.